The Balaban J connectivity index is 0.000000383. The number of H-pyrrole nitrogens is 1. The SMILES string of the molecule is CN(C)C.c1cc(Nc2cc(C3CC3)[nH]n2)nc(N2CCCC2)n1. The summed E-state index contributed by atoms with van der Waals surface area (Å²) in [4.78, 5) is 13.2. The van der Waals surface area contributed by atoms with Crippen molar-refractivity contribution >= 4 is 17.6 Å². The zero-order chi connectivity index (χ0) is 16.9. The average molecular weight is 329 g/mol. The Labute approximate surface area is 143 Å². The largest absolute Gasteiger partial charge is 0.341 e. The van der Waals surface area contributed by atoms with Crippen LogP contribution in [0.4, 0.5) is 17.6 Å². The molecule has 3 heterocycles. The highest BCUT2D eigenvalue weighted by Gasteiger charge is 2.25. The van der Waals surface area contributed by atoms with E-state index in [-0.39, 0.29) is 0 Å². The van der Waals surface area contributed by atoms with Crippen LogP contribution < -0.4 is 10.2 Å². The predicted octanol–water partition coefficient (Wildman–Crippen LogP) is 2.60. The number of rotatable bonds is 4. The Morgan fingerprint density at radius 1 is 1.17 bits per heavy atom. The van der Waals surface area contributed by atoms with E-state index in [1.165, 1.54) is 31.4 Å². The van der Waals surface area contributed by atoms with Crippen molar-refractivity contribution < 1.29 is 0 Å². The zero-order valence-electron chi connectivity index (χ0n) is 14.8. The molecule has 0 aromatic carbocycles. The number of anilines is 3. The highest BCUT2D eigenvalue weighted by atomic mass is 15.3. The van der Waals surface area contributed by atoms with Gasteiger partial charge in [-0.1, -0.05) is 0 Å². The second-order valence-electron chi connectivity index (χ2n) is 6.89. The second kappa shape index (κ2) is 7.61. The van der Waals surface area contributed by atoms with E-state index in [9.17, 15) is 0 Å². The van der Waals surface area contributed by atoms with Gasteiger partial charge in [0.1, 0.15) is 5.82 Å². The molecule has 0 unspecified atom stereocenters. The summed E-state index contributed by atoms with van der Waals surface area (Å²) in [5.74, 6) is 3.13. The standard InChI is InChI=1S/C14H18N6.C3H9N/c1-2-8-20(7-1)14-15-6-5-12(17-14)16-13-9-11(18-19-13)10-3-4-10;1-4(2)3/h5-6,9-10H,1-4,7-8H2,(H2,15,16,17,18,19);1-3H3. The molecule has 0 radical (unpaired) electrons. The summed E-state index contributed by atoms with van der Waals surface area (Å²) >= 11 is 0. The van der Waals surface area contributed by atoms with Crippen LogP contribution in [-0.4, -0.2) is 59.3 Å². The number of aromatic amines is 1. The summed E-state index contributed by atoms with van der Waals surface area (Å²) in [6.45, 7) is 2.11. The summed E-state index contributed by atoms with van der Waals surface area (Å²) in [6.07, 6.45) is 6.80. The molecule has 4 rings (SSSR count). The maximum Gasteiger partial charge on any atom is 0.227 e. The van der Waals surface area contributed by atoms with Gasteiger partial charge >= 0.3 is 0 Å². The quantitative estimate of drug-likeness (QED) is 0.898. The van der Waals surface area contributed by atoms with Crippen LogP contribution in [0.1, 0.15) is 37.3 Å². The van der Waals surface area contributed by atoms with Gasteiger partial charge in [-0.3, -0.25) is 5.10 Å². The van der Waals surface area contributed by atoms with E-state index in [2.05, 4.69) is 36.4 Å². The third kappa shape index (κ3) is 4.67. The fourth-order valence-electron chi connectivity index (χ4n) is 2.62. The van der Waals surface area contributed by atoms with Crippen LogP contribution in [0.25, 0.3) is 0 Å². The van der Waals surface area contributed by atoms with Crippen molar-refractivity contribution in [3.05, 3.63) is 24.0 Å². The lowest BCUT2D eigenvalue weighted by atomic mass is 10.3. The van der Waals surface area contributed by atoms with Gasteiger partial charge in [-0.2, -0.15) is 10.1 Å². The molecular weight excluding hydrogens is 302 g/mol. The number of nitrogens with one attached hydrogen (secondary N) is 2. The lowest BCUT2D eigenvalue weighted by molar-refractivity contribution is 0.505. The molecule has 0 bridgehead atoms. The van der Waals surface area contributed by atoms with Crippen molar-refractivity contribution in [1.29, 1.82) is 0 Å². The molecule has 1 aliphatic carbocycles. The smallest absolute Gasteiger partial charge is 0.227 e. The van der Waals surface area contributed by atoms with Crippen molar-refractivity contribution in [2.24, 2.45) is 0 Å². The van der Waals surface area contributed by atoms with Crippen LogP contribution in [-0.2, 0) is 0 Å². The summed E-state index contributed by atoms with van der Waals surface area (Å²) in [5, 5.41) is 10.6. The summed E-state index contributed by atoms with van der Waals surface area (Å²) in [6, 6.07) is 3.96. The minimum absolute atomic E-state index is 0.684. The maximum atomic E-state index is 4.57. The molecular formula is C17H27N7. The van der Waals surface area contributed by atoms with Crippen molar-refractivity contribution in [3.8, 4) is 0 Å². The van der Waals surface area contributed by atoms with E-state index in [0.717, 1.165) is 30.7 Å². The number of hydrogen-bond donors (Lipinski definition) is 2. The molecule has 2 fully saturated rings. The number of hydrogen-bond acceptors (Lipinski definition) is 6. The number of nitrogens with zero attached hydrogens (tertiary/aromatic N) is 5. The monoisotopic (exact) mass is 329 g/mol. The molecule has 1 aliphatic heterocycles. The number of aromatic nitrogens is 4. The Morgan fingerprint density at radius 3 is 2.54 bits per heavy atom. The van der Waals surface area contributed by atoms with Gasteiger partial charge in [-0.05, 0) is 52.9 Å². The third-order valence-corrected chi connectivity index (χ3v) is 3.90. The van der Waals surface area contributed by atoms with Crippen molar-refractivity contribution in [2.45, 2.75) is 31.6 Å². The molecule has 1 saturated heterocycles. The zero-order valence-corrected chi connectivity index (χ0v) is 14.8. The fourth-order valence-corrected chi connectivity index (χ4v) is 2.62. The minimum Gasteiger partial charge on any atom is -0.341 e. The van der Waals surface area contributed by atoms with Gasteiger partial charge in [0.2, 0.25) is 5.95 Å². The molecule has 24 heavy (non-hydrogen) atoms. The second-order valence-corrected chi connectivity index (χ2v) is 6.89. The van der Waals surface area contributed by atoms with Crippen LogP contribution >= 0.6 is 0 Å². The first-order valence-electron chi connectivity index (χ1n) is 8.63. The van der Waals surface area contributed by atoms with Crippen molar-refractivity contribution in [3.63, 3.8) is 0 Å². The first-order valence-corrected chi connectivity index (χ1v) is 8.63. The Morgan fingerprint density at radius 2 is 1.88 bits per heavy atom. The molecule has 2 aromatic heterocycles. The molecule has 0 spiro atoms. The van der Waals surface area contributed by atoms with Crippen molar-refractivity contribution in [1.82, 2.24) is 25.1 Å². The fraction of sp³-hybridized carbons (Fsp3) is 0.588. The molecule has 1 saturated carbocycles. The van der Waals surface area contributed by atoms with E-state index in [1.807, 2.05) is 32.1 Å². The third-order valence-electron chi connectivity index (χ3n) is 3.90. The van der Waals surface area contributed by atoms with Gasteiger partial charge in [0, 0.05) is 37.0 Å². The van der Waals surface area contributed by atoms with Crippen LogP contribution in [0.5, 0.6) is 0 Å². The summed E-state index contributed by atoms with van der Waals surface area (Å²) in [5.41, 5.74) is 1.22. The van der Waals surface area contributed by atoms with E-state index in [1.54, 1.807) is 6.20 Å². The predicted molar refractivity (Wildman–Crippen MR) is 96.9 cm³/mol. The molecule has 130 valence electrons. The topological polar surface area (TPSA) is 73.0 Å². The molecule has 2 aromatic rings. The maximum absolute atomic E-state index is 4.57. The molecule has 7 nitrogen and oxygen atoms in total. The van der Waals surface area contributed by atoms with Crippen LogP contribution in [0, 0.1) is 0 Å². The Bertz CT molecular complexity index is 639. The molecule has 0 atom stereocenters. The van der Waals surface area contributed by atoms with E-state index < -0.39 is 0 Å². The van der Waals surface area contributed by atoms with E-state index in [4.69, 9.17) is 0 Å². The summed E-state index contributed by atoms with van der Waals surface area (Å²) in [7, 11) is 6.00. The van der Waals surface area contributed by atoms with Gasteiger partial charge in [0.25, 0.3) is 0 Å². The van der Waals surface area contributed by atoms with E-state index in [0.29, 0.717) is 5.92 Å². The molecule has 2 aliphatic rings. The van der Waals surface area contributed by atoms with Crippen molar-refractivity contribution in [2.75, 3.05) is 44.4 Å². The van der Waals surface area contributed by atoms with Gasteiger partial charge in [-0.25, -0.2) is 4.98 Å². The van der Waals surface area contributed by atoms with Crippen LogP contribution in [0.15, 0.2) is 18.3 Å². The highest BCUT2D eigenvalue weighted by molar-refractivity contribution is 5.53. The minimum atomic E-state index is 0.684. The average Bonchev–Trinajstić information content (AvgIpc) is 3.06. The Kier molecular flexibility index (Phi) is 5.30. The van der Waals surface area contributed by atoms with Gasteiger partial charge in [-0.15, -0.1) is 0 Å². The lowest BCUT2D eigenvalue weighted by Crippen LogP contribution is -2.20. The van der Waals surface area contributed by atoms with Gasteiger partial charge in [0.15, 0.2) is 5.82 Å². The lowest BCUT2D eigenvalue weighted by Gasteiger charge is -2.15. The van der Waals surface area contributed by atoms with Gasteiger partial charge in [0.05, 0.1) is 0 Å². The van der Waals surface area contributed by atoms with Crippen LogP contribution in [0.3, 0.4) is 0 Å². The summed E-state index contributed by atoms with van der Waals surface area (Å²) < 4.78 is 0. The first-order chi connectivity index (χ1) is 11.6. The molecule has 2 N–H and O–H groups in total. The van der Waals surface area contributed by atoms with E-state index >= 15 is 0 Å². The molecule has 0 amide bonds. The first kappa shape index (κ1) is 16.7. The molecule has 7 heteroatoms. The Hall–Kier alpha value is -2.15. The highest BCUT2D eigenvalue weighted by Crippen LogP contribution is 2.39. The normalized spacial score (nSPS) is 16.9. The van der Waals surface area contributed by atoms with Gasteiger partial charge < -0.3 is 15.1 Å². The van der Waals surface area contributed by atoms with Crippen LogP contribution in [0.2, 0.25) is 0 Å².